The lowest BCUT2D eigenvalue weighted by molar-refractivity contribution is -0.0840. The largest absolute Gasteiger partial charge is 0.507 e. The molecule has 0 radical (unpaired) electrons. The van der Waals surface area contributed by atoms with Gasteiger partial charge in [0.05, 0.1) is 0 Å². The number of carbonyl (C=O) groups excluding carboxylic acids is 1. The fraction of sp³-hybridized carbons (Fsp3) is 0.609. The minimum atomic E-state index is -0.350. The fourth-order valence-corrected chi connectivity index (χ4v) is 5.48. The Morgan fingerprint density at radius 3 is 2.70 bits per heavy atom. The van der Waals surface area contributed by atoms with Crippen LogP contribution in [0, 0.1) is 5.92 Å². The summed E-state index contributed by atoms with van der Waals surface area (Å²) >= 11 is 0. The van der Waals surface area contributed by atoms with Crippen LogP contribution in [-0.2, 0) is 0 Å². The molecule has 0 saturated heterocycles. The first-order chi connectivity index (χ1) is 12.6. The van der Waals surface area contributed by atoms with Crippen LogP contribution in [0.25, 0.3) is 0 Å². The van der Waals surface area contributed by atoms with Crippen molar-refractivity contribution in [1.29, 1.82) is 0 Å². The summed E-state index contributed by atoms with van der Waals surface area (Å²) in [6, 6.07) is 1.62. The average Bonchev–Trinajstić information content (AvgIpc) is 2.52. The Balaban J connectivity index is 1.86. The van der Waals surface area contributed by atoms with Crippen molar-refractivity contribution < 1.29 is 19.4 Å². The van der Waals surface area contributed by atoms with E-state index in [4.69, 9.17) is 9.47 Å². The van der Waals surface area contributed by atoms with Crippen molar-refractivity contribution in [3.63, 3.8) is 0 Å². The molecule has 4 rings (SSSR count). The number of aromatic hydroxyl groups is 1. The van der Waals surface area contributed by atoms with Crippen LogP contribution in [0.3, 0.4) is 0 Å². The highest BCUT2D eigenvalue weighted by Crippen LogP contribution is 2.62. The first-order valence-electron chi connectivity index (χ1n) is 10.1. The van der Waals surface area contributed by atoms with Crippen molar-refractivity contribution >= 4 is 5.78 Å². The Labute approximate surface area is 161 Å². The summed E-state index contributed by atoms with van der Waals surface area (Å²) in [6.07, 6.45) is 7.09. The van der Waals surface area contributed by atoms with E-state index in [1.807, 2.05) is 0 Å². The molecule has 2 aliphatic heterocycles. The number of hydrogen-bond acceptors (Lipinski definition) is 4. The number of carbonyl (C=O) groups is 1. The maximum atomic E-state index is 12.3. The summed E-state index contributed by atoms with van der Waals surface area (Å²) in [5, 5.41) is 10.5. The Bertz CT molecular complexity index is 835. The monoisotopic (exact) mass is 370 g/mol. The van der Waals surface area contributed by atoms with Gasteiger partial charge in [-0.2, -0.15) is 0 Å². The minimum Gasteiger partial charge on any atom is -0.507 e. The molecule has 1 saturated carbocycles. The second-order valence-corrected chi connectivity index (χ2v) is 9.31. The Hall–Kier alpha value is -1.97. The van der Waals surface area contributed by atoms with E-state index in [0.29, 0.717) is 28.9 Å². The number of hydrogen-bond donors (Lipinski definition) is 1. The van der Waals surface area contributed by atoms with Crippen LogP contribution in [0.2, 0.25) is 0 Å². The average molecular weight is 370 g/mol. The molecule has 4 atom stereocenters. The number of Topliss-reactive ketones (excluding diaryl/α,β-unsaturated/α-hetero) is 1. The van der Waals surface area contributed by atoms with Crippen LogP contribution >= 0.6 is 0 Å². The van der Waals surface area contributed by atoms with Crippen LogP contribution in [0.1, 0.15) is 88.6 Å². The molecule has 0 amide bonds. The van der Waals surface area contributed by atoms with Gasteiger partial charge in [-0.15, -0.1) is 0 Å². The van der Waals surface area contributed by atoms with Gasteiger partial charge < -0.3 is 14.6 Å². The molecule has 4 nitrogen and oxygen atoms in total. The van der Waals surface area contributed by atoms with E-state index in [9.17, 15) is 9.90 Å². The van der Waals surface area contributed by atoms with Crippen LogP contribution in [0.4, 0.5) is 0 Å². The summed E-state index contributed by atoms with van der Waals surface area (Å²) in [6.45, 7) is 10.1. The molecular weight excluding hydrogens is 340 g/mol. The maximum absolute atomic E-state index is 12.3. The highest BCUT2D eigenvalue weighted by atomic mass is 16.5. The van der Waals surface area contributed by atoms with Crippen molar-refractivity contribution in [1.82, 2.24) is 0 Å². The number of benzene rings is 1. The SMILES string of the molecule is CC(=O)c1c(O)cc2c3c1OC(C)(CCC=C(C)C)C1CCC(C)(CC31)O2. The predicted molar refractivity (Wildman–Crippen MR) is 105 cm³/mol. The Morgan fingerprint density at radius 2 is 2.04 bits per heavy atom. The molecular formula is C23H30O4. The first kappa shape index (κ1) is 18.4. The maximum Gasteiger partial charge on any atom is 0.167 e. The zero-order chi connectivity index (χ0) is 19.6. The Morgan fingerprint density at radius 1 is 1.30 bits per heavy atom. The van der Waals surface area contributed by atoms with Crippen molar-refractivity contribution in [2.24, 2.45) is 5.92 Å². The smallest absolute Gasteiger partial charge is 0.167 e. The van der Waals surface area contributed by atoms with E-state index in [1.54, 1.807) is 6.07 Å². The molecule has 0 spiro atoms. The molecule has 1 fully saturated rings. The fourth-order valence-electron chi connectivity index (χ4n) is 5.48. The minimum absolute atomic E-state index is 0.0371. The lowest BCUT2D eigenvalue weighted by Gasteiger charge is -2.56. The van der Waals surface area contributed by atoms with Crippen LogP contribution in [0.5, 0.6) is 17.2 Å². The molecule has 0 aromatic heterocycles. The van der Waals surface area contributed by atoms with Gasteiger partial charge >= 0.3 is 0 Å². The Kier molecular flexibility index (Phi) is 4.10. The molecule has 2 bridgehead atoms. The normalized spacial score (nSPS) is 32.9. The van der Waals surface area contributed by atoms with E-state index < -0.39 is 0 Å². The van der Waals surface area contributed by atoms with Gasteiger partial charge in [-0.25, -0.2) is 0 Å². The third-order valence-electron chi connectivity index (χ3n) is 6.77. The molecule has 4 heteroatoms. The second-order valence-electron chi connectivity index (χ2n) is 9.31. The summed E-state index contributed by atoms with van der Waals surface area (Å²) in [5.41, 5.74) is 2.06. The molecule has 1 aliphatic carbocycles. The number of phenolic OH excluding ortho intramolecular Hbond substituents is 1. The van der Waals surface area contributed by atoms with E-state index >= 15 is 0 Å². The lowest BCUT2D eigenvalue weighted by atomic mass is 9.60. The van der Waals surface area contributed by atoms with Crippen molar-refractivity contribution in [3.05, 3.63) is 28.8 Å². The lowest BCUT2D eigenvalue weighted by Crippen LogP contribution is -2.55. The summed E-state index contributed by atoms with van der Waals surface area (Å²) in [5.74, 6) is 1.76. The zero-order valence-electron chi connectivity index (χ0n) is 17.0. The van der Waals surface area contributed by atoms with E-state index in [2.05, 4.69) is 33.8 Å². The van der Waals surface area contributed by atoms with Crippen molar-refractivity contribution in [2.45, 2.75) is 83.8 Å². The van der Waals surface area contributed by atoms with Gasteiger partial charge in [0.15, 0.2) is 5.78 Å². The summed E-state index contributed by atoms with van der Waals surface area (Å²) < 4.78 is 12.9. The van der Waals surface area contributed by atoms with Crippen molar-refractivity contribution in [2.75, 3.05) is 0 Å². The van der Waals surface area contributed by atoms with E-state index in [-0.39, 0.29) is 22.7 Å². The van der Waals surface area contributed by atoms with Gasteiger partial charge in [0, 0.05) is 23.5 Å². The van der Waals surface area contributed by atoms with Crippen LogP contribution < -0.4 is 9.47 Å². The second kappa shape index (κ2) is 6.02. The standard InChI is InChI=1S/C23H30O4/c1-13(2)7-6-9-23(5)16-8-10-22(4)12-15(16)20-18(26-22)11-17(25)19(14(3)24)21(20)27-23/h7,11,15-16,25H,6,8-10,12H2,1-5H3. The number of phenols is 1. The molecule has 1 N–H and O–H groups in total. The van der Waals surface area contributed by atoms with Gasteiger partial charge in [-0.1, -0.05) is 11.6 Å². The number of ketones is 1. The molecule has 4 unspecified atom stereocenters. The highest BCUT2D eigenvalue weighted by molar-refractivity contribution is 6.00. The van der Waals surface area contributed by atoms with Gasteiger partial charge in [0.25, 0.3) is 0 Å². The summed E-state index contributed by atoms with van der Waals surface area (Å²) in [7, 11) is 0. The van der Waals surface area contributed by atoms with Crippen LogP contribution in [0.15, 0.2) is 17.7 Å². The molecule has 146 valence electrons. The summed E-state index contributed by atoms with van der Waals surface area (Å²) in [4.78, 5) is 12.3. The van der Waals surface area contributed by atoms with Gasteiger partial charge in [-0.3, -0.25) is 4.79 Å². The van der Waals surface area contributed by atoms with Gasteiger partial charge in [0.1, 0.15) is 34.0 Å². The van der Waals surface area contributed by atoms with Gasteiger partial charge in [0.2, 0.25) is 0 Å². The zero-order valence-corrected chi connectivity index (χ0v) is 17.0. The predicted octanol–water partition coefficient (Wildman–Crippen LogP) is 5.53. The highest BCUT2D eigenvalue weighted by Gasteiger charge is 2.56. The topological polar surface area (TPSA) is 55.8 Å². The molecule has 3 aliphatic rings. The molecule has 2 heterocycles. The molecule has 27 heavy (non-hydrogen) atoms. The quantitative estimate of drug-likeness (QED) is 0.559. The number of rotatable bonds is 4. The third-order valence-corrected chi connectivity index (χ3v) is 6.77. The van der Waals surface area contributed by atoms with E-state index in [1.165, 1.54) is 12.5 Å². The molecule has 1 aromatic rings. The number of allylic oxidation sites excluding steroid dienone is 2. The number of fused-ring (bicyclic) bond motifs is 1. The third kappa shape index (κ3) is 2.84. The molecule has 1 aromatic carbocycles. The van der Waals surface area contributed by atoms with Crippen molar-refractivity contribution in [3.8, 4) is 17.2 Å². The van der Waals surface area contributed by atoms with Crippen LogP contribution in [-0.4, -0.2) is 22.1 Å². The number of ether oxygens (including phenoxy) is 2. The van der Waals surface area contributed by atoms with Gasteiger partial charge in [-0.05, 0) is 66.7 Å². The first-order valence-corrected chi connectivity index (χ1v) is 10.1. The van der Waals surface area contributed by atoms with E-state index in [0.717, 1.165) is 37.7 Å².